The number of methoxy groups -OCH3 is 1. The van der Waals surface area contributed by atoms with Crippen molar-refractivity contribution in [2.45, 2.75) is 13.8 Å². The van der Waals surface area contributed by atoms with E-state index >= 15 is 0 Å². The molecule has 0 spiro atoms. The van der Waals surface area contributed by atoms with Gasteiger partial charge in [0.25, 0.3) is 5.91 Å². The molecule has 0 aliphatic carbocycles. The number of ether oxygens (including phenoxy) is 2. The lowest BCUT2D eigenvalue weighted by Gasteiger charge is -2.24. The number of amides is 1. The highest BCUT2D eigenvalue weighted by Gasteiger charge is 2.15. The summed E-state index contributed by atoms with van der Waals surface area (Å²) >= 11 is 0. The van der Waals surface area contributed by atoms with Gasteiger partial charge in [-0.2, -0.15) is 0 Å². The van der Waals surface area contributed by atoms with Crippen LogP contribution >= 0.6 is 0 Å². The fraction of sp³-hybridized carbons (Fsp3) is 0.533. The van der Waals surface area contributed by atoms with Crippen LogP contribution in [0.3, 0.4) is 0 Å². The first-order valence-electron chi connectivity index (χ1n) is 6.78. The molecule has 1 rings (SSSR count). The Kier molecular flexibility index (Phi) is 6.87. The van der Waals surface area contributed by atoms with Crippen LogP contribution in [0.15, 0.2) is 24.3 Å². The summed E-state index contributed by atoms with van der Waals surface area (Å²) in [6.45, 7) is 5.96. The minimum absolute atomic E-state index is 0.0138. The Morgan fingerprint density at radius 1 is 1.40 bits per heavy atom. The Morgan fingerprint density at radius 3 is 2.75 bits per heavy atom. The van der Waals surface area contributed by atoms with Crippen molar-refractivity contribution >= 4 is 11.6 Å². The molecule has 0 heterocycles. The molecule has 5 heteroatoms. The van der Waals surface area contributed by atoms with Crippen molar-refractivity contribution in [2.75, 3.05) is 39.1 Å². The van der Waals surface area contributed by atoms with Crippen molar-refractivity contribution in [3.8, 4) is 5.75 Å². The van der Waals surface area contributed by atoms with Gasteiger partial charge in [0, 0.05) is 32.0 Å². The predicted molar refractivity (Wildman–Crippen MR) is 79.6 cm³/mol. The third-order valence-corrected chi connectivity index (χ3v) is 2.72. The summed E-state index contributed by atoms with van der Waals surface area (Å²) in [5.74, 6) is 0.968. The van der Waals surface area contributed by atoms with Gasteiger partial charge in [0.1, 0.15) is 5.75 Å². The molecule has 1 aromatic rings. The topological polar surface area (TPSA) is 64.8 Å². The normalized spacial score (nSPS) is 10.6. The number of nitrogen functional groups attached to an aromatic ring is 1. The third-order valence-electron chi connectivity index (χ3n) is 2.72. The maximum atomic E-state index is 12.2. The van der Waals surface area contributed by atoms with Crippen molar-refractivity contribution < 1.29 is 14.3 Å². The number of rotatable bonds is 8. The van der Waals surface area contributed by atoms with Gasteiger partial charge in [0.15, 0.2) is 6.61 Å². The van der Waals surface area contributed by atoms with Crippen molar-refractivity contribution in [3.05, 3.63) is 24.3 Å². The summed E-state index contributed by atoms with van der Waals surface area (Å²) in [7, 11) is 1.63. The second-order valence-corrected chi connectivity index (χ2v) is 5.09. The molecular formula is C15H24N2O3. The molecule has 0 unspecified atom stereocenters. The van der Waals surface area contributed by atoms with E-state index in [1.54, 1.807) is 36.3 Å². The summed E-state index contributed by atoms with van der Waals surface area (Å²) in [4.78, 5) is 13.9. The first-order chi connectivity index (χ1) is 9.52. The summed E-state index contributed by atoms with van der Waals surface area (Å²) in [6, 6.07) is 7.06. The second-order valence-electron chi connectivity index (χ2n) is 5.09. The molecule has 0 bridgehead atoms. The molecule has 0 saturated heterocycles. The molecule has 1 amide bonds. The lowest BCUT2D eigenvalue weighted by molar-refractivity contribution is -0.134. The van der Waals surface area contributed by atoms with Crippen LogP contribution in [-0.4, -0.2) is 44.2 Å². The Bertz CT molecular complexity index is 421. The summed E-state index contributed by atoms with van der Waals surface area (Å²) in [5.41, 5.74) is 6.28. The lowest BCUT2D eigenvalue weighted by Crippen LogP contribution is -2.39. The van der Waals surface area contributed by atoms with Crippen molar-refractivity contribution in [2.24, 2.45) is 5.92 Å². The van der Waals surface area contributed by atoms with E-state index in [9.17, 15) is 4.79 Å². The molecule has 0 aromatic heterocycles. The Hall–Kier alpha value is -1.75. The van der Waals surface area contributed by atoms with Crippen LogP contribution in [0.5, 0.6) is 5.75 Å². The first-order valence-corrected chi connectivity index (χ1v) is 6.78. The van der Waals surface area contributed by atoms with E-state index in [1.165, 1.54) is 0 Å². The molecule has 0 atom stereocenters. The average molecular weight is 280 g/mol. The number of nitrogens with zero attached hydrogens (tertiary/aromatic N) is 1. The number of benzene rings is 1. The monoisotopic (exact) mass is 280 g/mol. The number of hydrogen-bond donors (Lipinski definition) is 1. The van der Waals surface area contributed by atoms with Crippen LogP contribution in [-0.2, 0) is 9.53 Å². The molecule has 0 fully saturated rings. The predicted octanol–water partition coefficient (Wildman–Crippen LogP) is 1.78. The molecular weight excluding hydrogens is 256 g/mol. The maximum absolute atomic E-state index is 12.2. The zero-order chi connectivity index (χ0) is 15.0. The van der Waals surface area contributed by atoms with Gasteiger partial charge in [-0.05, 0) is 18.1 Å². The van der Waals surface area contributed by atoms with Gasteiger partial charge in [0.2, 0.25) is 0 Å². The number of anilines is 1. The van der Waals surface area contributed by atoms with Gasteiger partial charge in [-0.3, -0.25) is 4.79 Å². The van der Waals surface area contributed by atoms with E-state index in [1.807, 2.05) is 0 Å². The fourth-order valence-corrected chi connectivity index (χ4v) is 1.80. The molecule has 20 heavy (non-hydrogen) atoms. The van der Waals surface area contributed by atoms with Gasteiger partial charge in [0.05, 0.1) is 6.61 Å². The van der Waals surface area contributed by atoms with Crippen LogP contribution in [0.25, 0.3) is 0 Å². The molecule has 2 N–H and O–H groups in total. The zero-order valence-corrected chi connectivity index (χ0v) is 12.5. The molecule has 0 saturated carbocycles. The summed E-state index contributed by atoms with van der Waals surface area (Å²) in [6.07, 6.45) is 0. The Morgan fingerprint density at radius 2 is 2.15 bits per heavy atom. The minimum Gasteiger partial charge on any atom is -0.484 e. The van der Waals surface area contributed by atoms with E-state index in [2.05, 4.69) is 13.8 Å². The molecule has 0 aliphatic rings. The highest BCUT2D eigenvalue weighted by atomic mass is 16.5. The molecule has 1 aromatic carbocycles. The number of hydrogen-bond acceptors (Lipinski definition) is 4. The zero-order valence-electron chi connectivity index (χ0n) is 12.5. The van der Waals surface area contributed by atoms with E-state index in [4.69, 9.17) is 15.2 Å². The van der Waals surface area contributed by atoms with Gasteiger partial charge in [-0.15, -0.1) is 0 Å². The summed E-state index contributed by atoms with van der Waals surface area (Å²) in [5, 5.41) is 0. The quantitative estimate of drug-likeness (QED) is 0.737. The molecule has 5 nitrogen and oxygen atoms in total. The standard InChI is InChI=1S/C15H24N2O3/c1-12(2)10-17(7-8-19-3)15(18)11-20-14-6-4-5-13(16)9-14/h4-6,9,12H,7-8,10-11,16H2,1-3H3. The van der Waals surface area contributed by atoms with Crippen LogP contribution in [0.4, 0.5) is 5.69 Å². The second kappa shape index (κ2) is 8.43. The minimum atomic E-state index is -0.0434. The number of nitrogens with two attached hydrogens (primary N) is 1. The number of carbonyl (C=O) groups is 1. The van der Waals surface area contributed by atoms with E-state index < -0.39 is 0 Å². The van der Waals surface area contributed by atoms with E-state index in [0.717, 1.165) is 0 Å². The fourth-order valence-electron chi connectivity index (χ4n) is 1.80. The van der Waals surface area contributed by atoms with Gasteiger partial charge in [-0.1, -0.05) is 19.9 Å². The van der Waals surface area contributed by atoms with Gasteiger partial charge < -0.3 is 20.1 Å². The largest absolute Gasteiger partial charge is 0.484 e. The van der Waals surface area contributed by atoms with E-state index in [-0.39, 0.29) is 12.5 Å². The smallest absolute Gasteiger partial charge is 0.260 e. The average Bonchev–Trinajstić information content (AvgIpc) is 2.40. The molecule has 0 radical (unpaired) electrons. The first kappa shape index (κ1) is 16.3. The van der Waals surface area contributed by atoms with Crippen molar-refractivity contribution in [3.63, 3.8) is 0 Å². The number of carbonyl (C=O) groups excluding carboxylic acids is 1. The van der Waals surface area contributed by atoms with Crippen LogP contribution in [0.2, 0.25) is 0 Å². The third kappa shape index (κ3) is 5.93. The van der Waals surface area contributed by atoms with Crippen molar-refractivity contribution in [1.29, 1.82) is 0 Å². The highest BCUT2D eigenvalue weighted by molar-refractivity contribution is 5.77. The Labute approximate surface area is 120 Å². The summed E-state index contributed by atoms with van der Waals surface area (Å²) < 4.78 is 10.5. The maximum Gasteiger partial charge on any atom is 0.260 e. The molecule has 112 valence electrons. The van der Waals surface area contributed by atoms with Crippen molar-refractivity contribution in [1.82, 2.24) is 4.90 Å². The van der Waals surface area contributed by atoms with Crippen LogP contribution in [0.1, 0.15) is 13.8 Å². The van der Waals surface area contributed by atoms with Gasteiger partial charge >= 0.3 is 0 Å². The Balaban J connectivity index is 2.52. The van der Waals surface area contributed by atoms with Crippen LogP contribution in [0, 0.1) is 5.92 Å². The highest BCUT2D eigenvalue weighted by Crippen LogP contribution is 2.14. The van der Waals surface area contributed by atoms with Crippen LogP contribution < -0.4 is 10.5 Å². The lowest BCUT2D eigenvalue weighted by atomic mass is 10.2. The molecule has 0 aliphatic heterocycles. The SMILES string of the molecule is COCCN(CC(C)C)C(=O)COc1cccc(N)c1. The van der Waals surface area contributed by atoms with Gasteiger partial charge in [-0.25, -0.2) is 0 Å². The van der Waals surface area contributed by atoms with E-state index in [0.29, 0.717) is 37.1 Å².